The molecule has 122 valence electrons. The van der Waals surface area contributed by atoms with Crippen molar-refractivity contribution in [3.05, 3.63) is 76.8 Å². The number of fused-ring (bicyclic) bond motifs is 1. The quantitative estimate of drug-likeness (QED) is 0.530. The molecule has 0 saturated carbocycles. The van der Waals surface area contributed by atoms with Gasteiger partial charge in [0.25, 0.3) is 5.91 Å². The van der Waals surface area contributed by atoms with Crippen LogP contribution in [-0.2, 0) is 4.79 Å². The maximum absolute atomic E-state index is 12.5. The third kappa shape index (κ3) is 3.63. The molecule has 3 aromatic rings. The standard InChI is InChI=1S/C20H13ClN2O2/c21-17-11-13(8-9-19(17)24)10-15(12-22)20(25)23-18-7-3-5-14-4-1-2-6-16(14)18/h1-11,24H,(H,23,25). The highest BCUT2D eigenvalue weighted by Crippen LogP contribution is 2.26. The zero-order chi connectivity index (χ0) is 17.8. The Bertz CT molecular complexity index is 1030. The van der Waals surface area contributed by atoms with Crippen LogP contribution in [0.2, 0.25) is 5.02 Å². The van der Waals surface area contributed by atoms with Crippen LogP contribution in [0.4, 0.5) is 5.69 Å². The van der Waals surface area contributed by atoms with Crippen LogP contribution in [0.25, 0.3) is 16.8 Å². The van der Waals surface area contributed by atoms with Crippen molar-refractivity contribution in [3.8, 4) is 11.8 Å². The molecule has 0 atom stereocenters. The van der Waals surface area contributed by atoms with E-state index in [0.29, 0.717) is 11.3 Å². The second kappa shape index (κ2) is 7.08. The van der Waals surface area contributed by atoms with Crippen molar-refractivity contribution < 1.29 is 9.90 Å². The topological polar surface area (TPSA) is 73.1 Å². The largest absolute Gasteiger partial charge is 0.506 e. The van der Waals surface area contributed by atoms with Crippen LogP contribution in [-0.4, -0.2) is 11.0 Å². The van der Waals surface area contributed by atoms with Gasteiger partial charge in [-0.2, -0.15) is 5.26 Å². The summed E-state index contributed by atoms with van der Waals surface area (Å²) in [6.07, 6.45) is 1.42. The van der Waals surface area contributed by atoms with Crippen molar-refractivity contribution >= 4 is 40.0 Å². The van der Waals surface area contributed by atoms with E-state index in [2.05, 4.69) is 5.32 Å². The van der Waals surface area contributed by atoms with Crippen LogP contribution in [0.3, 0.4) is 0 Å². The lowest BCUT2D eigenvalue weighted by Gasteiger charge is -2.08. The molecular weight excluding hydrogens is 336 g/mol. The van der Waals surface area contributed by atoms with Crippen molar-refractivity contribution in [1.82, 2.24) is 0 Å². The lowest BCUT2D eigenvalue weighted by atomic mass is 10.1. The first-order valence-corrected chi connectivity index (χ1v) is 7.86. The lowest BCUT2D eigenvalue weighted by molar-refractivity contribution is -0.112. The van der Waals surface area contributed by atoms with E-state index in [1.807, 2.05) is 42.5 Å². The monoisotopic (exact) mass is 348 g/mol. The highest BCUT2D eigenvalue weighted by molar-refractivity contribution is 6.32. The number of rotatable bonds is 3. The van der Waals surface area contributed by atoms with Gasteiger partial charge in [-0.1, -0.05) is 54.1 Å². The van der Waals surface area contributed by atoms with Gasteiger partial charge in [-0.3, -0.25) is 4.79 Å². The molecule has 3 rings (SSSR count). The predicted octanol–water partition coefficient (Wildman–Crippen LogP) is 4.74. The Hall–Kier alpha value is -3.29. The summed E-state index contributed by atoms with van der Waals surface area (Å²) in [5.74, 6) is -0.569. The molecule has 0 aliphatic rings. The molecule has 0 spiro atoms. The molecule has 0 aliphatic heterocycles. The van der Waals surface area contributed by atoms with E-state index >= 15 is 0 Å². The van der Waals surface area contributed by atoms with Gasteiger partial charge in [0.15, 0.2) is 0 Å². The molecule has 1 amide bonds. The van der Waals surface area contributed by atoms with Gasteiger partial charge in [-0.25, -0.2) is 0 Å². The molecule has 0 radical (unpaired) electrons. The molecule has 0 fully saturated rings. The van der Waals surface area contributed by atoms with Crippen molar-refractivity contribution in [3.63, 3.8) is 0 Å². The normalized spacial score (nSPS) is 11.1. The number of benzene rings is 3. The Morgan fingerprint density at radius 2 is 1.88 bits per heavy atom. The zero-order valence-corrected chi connectivity index (χ0v) is 13.8. The van der Waals surface area contributed by atoms with E-state index in [-0.39, 0.29) is 16.3 Å². The van der Waals surface area contributed by atoms with E-state index in [1.54, 1.807) is 12.1 Å². The molecular formula is C20H13ClN2O2. The summed E-state index contributed by atoms with van der Waals surface area (Å²) >= 11 is 5.85. The molecule has 0 saturated heterocycles. The molecule has 2 N–H and O–H groups in total. The fourth-order valence-corrected chi connectivity index (χ4v) is 2.64. The Kier molecular flexibility index (Phi) is 4.69. The van der Waals surface area contributed by atoms with Crippen LogP contribution in [0.5, 0.6) is 5.75 Å². The van der Waals surface area contributed by atoms with E-state index in [9.17, 15) is 15.2 Å². The number of amides is 1. The Labute approximate surface area is 149 Å². The van der Waals surface area contributed by atoms with Crippen molar-refractivity contribution in [2.24, 2.45) is 0 Å². The summed E-state index contributed by atoms with van der Waals surface area (Å²) in [5, 5.41) is 23.6. The van der Waals surface area contributed by atoms with E-state index in [4.69, 9.17) is 11.6 Å². The zero-order valence-electron chi connectivity index (χ0n) is 13.0. The molecule has 25 heavy (non-hydrogen) atoms. The number of carbonyl (C=O) groups is 1. The van der Waals surface area contributed by atoms with Gasteiger partial charge in [-0.05, 0) is 35.2 Å². The summed E-state index contributed by atoms with van der Waals surface area (Å²) in [7, 11) is 0. The van der Waals surface area contributed by atoms with Crippen LogP contribution in [0.1, 0.15) is 5.56 Å². The predicted molar refractivity (Wildman–Crippen MR) is 99.3 cm³/mol. The first-order chi connectivity index (χ1) is 12.1. The van der Waals surface area contributed by atoms with Gasteiger partial charge < -0.3 is 10.4 Å². The van der Waals surface area contributed by atoms with Crippen LogP contribution in [0, 0.1) is 11.3 Å². The van der Waals surface area contributed by atoms with Gasteiger partial charge in [0, 0.05) is 11.1 Å². The van der Waals surface area contributed by atoms with Crippen molar-refractivity contribution in [1.29, 1.82) is 5.26 Å². The Balaban J connectivity index is 1.91. The maximum atomic E-state index is 12.5. The number of anilines is 1. The number of carbonyl (C=O) groups excluding carboxylic acids is 1. The minimum Gasteiger partial charge on any atom is -0.506 e. The molecule has 0 bridgehead atoms. The first kappa shape index (κ1) is 16.6. The lowest BCUT2D eigenvalue weighted by Crippen LogP contribution is -2.13. The fourth-order valence-electron chi connectivity index (χ4n) is 2.45. The van der Waals surface area contributed by atoms with Crippen LogP contribution >= 0.6 is 11.6 Å². The van der Waals surface area contributed by atoms with E-state index < -0.39 is 5.91 Å². The molecule has 0 heterocycles. The van der Waals surface area contributed by atoms with Gasteiger partial charge in [-0.15, -0.1) is 0 Å². The number of nitriles is 1. The number of hydrogen-bond acceptors (Lipinski definition) is 3. The summed E-state index contributed by atoms with van der Waals surface area (Å²) < 4.78 is 0. The number of nitrogens with one attached hydrogen (secondary N) is 1. The SMILES string of the molecule is N#CC(=Cc1ccc(O)c(Cl)c1)C(=O)Nc1cccc2ccccc12. The minimum atomic E-state index is -0.511. The molecule has 3 aromatic carbocycles. The second-order valence-corrected chi connectivity index (χ2v) is 5.77. The maximum Gasteiger partial charge on any atom is 0.266 e. The molecule has 5 heteroatoms. The van der Waals surface area contributed by atoms with Gasteiger partial charge >= 0.3 is 0 Å². The number of phenolic OH excluding ortho intramolecular Hbond substituents is 1. The van der Waals surface area contributed by atoms with Crippen molar-refractivity contribution in [2.45, 2.75) is 0 Å². The van der Waals surface area contributed by atoms with Gasteiger partial charge in [0.05, 0.1) is 5.02 Å². The van der Waals surface area contributed by atoms with Crippen molar-refractivity contribution in [2.75, 3.05) is 5.32 Å². The van der Waals surface area contributed by atoms with Crippen LogP contribution in [0.15, 0.2) is 66.2 Å². The number of aromatic hydroxyl groups is 1. The molecule has 0 unspecified atom stereocenters. The molecule has 0 aliphatic carbocycles. The summed E-state index contributed by atoms with van der Waals surface area (Å²) in [4.78, 5) is 12.5. The van der Waals surface area contributed by atoms with E-state index in [0.717, 1.165) is 10.8 Å². The average molecular weight is 349 g/mol. The van der Waals surface area contributed by atoms with E-state index in [1.165, 1.54) is 18.2 Å². The summed E-state index contributed by atoms with van der Waals surface area (Å²) in [6.45, 7) is 0. The highest BCUT2D eigenvalue weighted by atomic mass is 35.5. The van der Waals surface area contributed by atoms with Gasteiger partial charge in [0.1, 0.15) is 17.4 Å². The third-order valence-corrected chi connectivity index (χ3v) is 3.99. The molecule has 4 nitrogen and oxygen atoms in total. The fraction of sp³-hybridized carbons (Fsp3) is 0. The summed E-state index contributed by atoms with van der Waals surface area (Å²) in [6, 6.07) is 19.6. The average Bonchev–Trinajstić information content (AvgIpc) is 2.63. The first-order valence-electron chi connectivity index (χ1n) is 7.48. The minimum absolute atomic E-state index is 0.0578. The number of hydrogen-bond donors (Lipinski definition) is 2. The summed E-state index contributed by atoms with van der Waals surface area (Å²) in [5.41, 5.74) is 1.12. The molecule has 0 aromatic heterocycles. The highest BCUT2D eigenvalue weighted by Gasteiger charge is 2.11. The Morgan fingerprint density at radius 3 is 2.64 bits per heavy atom. The van der Waals surface area contributed by atoms with Crippen LogP contribution < -0.4 is 5.32 Å². The number of phenols is 1. The second-order valence-electron chi connectivity index (χ2n) is 5.36. The number of nitrogens with zero attached hydrogens (tertiary/aromatic N) is 1. The smallest absolute Gasteiger partial charge is 0.266 e. The van der Waals surface area contributed by atoms with Gasteiger partial charge in [0.2, 0.25) is 0 Å². The third-order valence-electron chi connectivity index (χ3n) is 3.69. The Morgan fingerprint density at radius 1 is 1.12 bits per heavy atom. The number of halogens is 1.